The zero-order valence-corrected chi connectivity index (χ0v) is 12.0. The lowest BCUT2D eigenvalue weighted by Crippen LogP contribution is -2.04. The van der Waals surface area contributed by atoms with Crippen LogP contribution in [0.1, 0.15) is 12.5 Å². The molecule has 0 spiro atoms. The van der Waals surface area contributed by atoms with Gasteiger partial charge in [-0.05, 0) is 25.1 Å². The van der Waals surface area contributed by atoms with Gasteiger partial charge >= 0.3 is 0 Å². The lowest BCUT2D eigenvalue weighted by molar-refractivity contribution is 0.311. The molecule has 2 rings (SSSR count). The summed E-state index contributed by atoms with van der Waals surface area (Å²) in [6.45, 7) is 2.61. The van der Waals surface area contributed by atoms with E-state index in [9.17, 15) is 8.78 Å². The van der Waals surface area contributed by atoms with E-state index < -0.39 is 11.6 Å². The minimum Gasteiger partial charge on any atom is -0.493 e. The molecule has 3 nitrogen and oxygen atoms in total. The second-order valence-electron chi connectivity index (χ2n) is 4.37. The van der Waals surface area contributed by atoms with E-state index in [0.29, 0.717) is 18.1 Å². The first-order valence-corrected chi connectivity index (χ1v) is 6.63. The molecule has 0 bridgehead atoms. The van der Waals surface area contributed by atoms with Gasteiger partial charge in [0.1, 0.15) is 0 Å². The van der Waals surface area contributed by atoms with Crippen LogP contribution in [0.15, 0.2) is 36.4 Å². The number of methoxy groups -OCH3 is 1. The number of benzene rings is 2. The molecular weight excluding hydrogens is 276 g/mol. The van der Waals surface area contributed by atoms with Crippen molar-refractivity contribution in [2.24, 2.45) is 0 Å². The van der Waals surface area contributed by atoms with Crippen LogP contribution in [0.25, 0.3) is 0 Å². The summed E-state index contributed by atoms with van der Waals surface area (Å²) in [6.07, 6.45) is 0. The molecule has 0 unspecified atom stereocenters. The fraction of sp³-hybridized carbons (Fsp3) is 0.250. The van der Waals surface area contributed by atoms with Gasteiger partial charge in [-0.1, -0.05) is 12.1 Å². The Morgan fingerprint density at radius 3 is 2.62 bits per heavy atom. The van der Waals surface area contributed by atoms with Gasteiger partial charge in [-0.15, -0.1) is 0 Å². The average Bonchev–Trinajstić information content (AvgIpc) is 2.50. The smallest absolute Gasteiger partial charge is 0.163 e. The Labute approximate surface area is 122 Å². The second kappa shape index (κ2) is 6.92. The van der Waals surface area contributed by atoms with Crippen molar-refractivity contribution in [1.82, 2.24) is 0 Å². The van der Waals surface area contributed by atoms with Crippen LogP contribution in [0, 0.1) is 11.6 Å². The molecule has 0 aliphatic heterocycles. The molecule has 0 atom stereocenters. The lowest BCUT2D eigenvalue weighted by Gasteiger charge is -2.12. The van der Waals surface area contributed by atoms with Crippen molar-refractivity contribution >= 4 is 5.69 Å². The molecule has 0 amide bonds. The molecule has 0 radical (unpaired) electrons. The standard InChI is InChI=1S/C16H17F2NO2/c1-3-21-14-8-7-12(9-15(14)20-2)19-10-11-5-4-6-13(17)16(11)18/h4-9,19H,3,10H2,1-2H3. The first-order chi connectivity index (χ1) is 10.2. The van der Waals surface area contributed by atoms with Crippen molar-refractivity contribution < 1.29 is 18.3 Å². The van der Waals surface area contributed by atoms with Gasteiger partial charge in [-0.25, -0.2) is 8.78 Å². The topological polar surface area (TPSA) is 30.5 Å². The highest BCUT2D eigenvalue weighted by Crippen LogP contribution is 2.30. The molecule has 0 aliphatic rings. The van der Waals surface area contributed by atoms with Crippen LogP contribution in [0.4, 0.5) is 14.5 Å². The maximum Gasteiger partial charge on any atom is 0.163 e. The summed E-state index contributed by atoms with van der Waals surface area (Å²) in [4.78, 5) is 0. The molecule has 112 valence electrons. The molecular formula is C16H17F2NO2. The molecule has 21 heavy (non-hydrogen) atoms. The minimum absolute atomic E-state index is 0.181. The number of rotatable bonds is 6. The number of hydrogen-bond donors (Lipinski definition) is 1. The molecule has 1 N–H and O–H groups in total. The summed E-state index contributed by atoms with van der Waals surface area (Å²) in [5, 5.41) is 3.03. The van der Waals surface area contributed by atoms with E-state index in [4.69, 9.17) is 9.47 Å². The first-order valence-electron chi connectivity index (χ1n) is 6.63. The molecule has 0 fully saturated rings. The van der Waals surface area contributed by atoms with E-state index in [1.165, 1.54) is 12.1 Å². The van der Waals surface area contributed by atoms with E-state index in [1.807, 2.05) is 6.92 Å². The Morgan fingerprint density at radius 2 is 1.90 bits per heavy atom. The highest BCUT2D eigenvalue weighted by Gasteiger charge is 2.08. The molecule has 0 saturated heterocycles. The normalized spacial score (nSPS) is 10.3. The Kier molecular flexibility index (Phi) is 4.98. The molecule has 2 aromatic rings. The van der Waals surface area contributed by atoms with Crippen molar-refractivity contribution in [2.45, 2.75) is 13.5 Å². The van der Waals surface area contributed by atoms with Crippen molar-refractivity contribution in [2.75, 3.05) is 19.0 Å². The number of hydrogen-bond acceptors (Lipinski definition) is 3. The predicted octanol–water partition coefficient (Wildman–Crippen LogP) is 3.98. The van der Waals surface area contributed by atoms with Crippen LogP contribution in [-0.2, 0) is 6.54 Å². The third-order valence-electron chi connectivity index (χ3n) is 2.98. The van der Waals surface area contributed by atoms with E-state index in [0.717, 1.165) is 11.8 Å². The Bertz CT molecular complexity index is 617. The molecule has 0 saturated carbocycles. The second-order valence-corrected chi connectivity index (χ2v) is 4.37. The van der Waals surface area contributed by atoms with Gasteiger partial charge in [0.25, 0.3) is 0 Å². The third-order valence-corrected chi connectivity index (χ3v) is 2.98. The van der Waals surface area contributed by atoms with Gasteiger partial charge in [0.15, 0.2) is 23.1 Å². The van der Waals surface area contributed by atoms with Crippen LogP contribution in [-0.4, -0.2) is 13.7 Å². The minimum atomic E-state index is -0.849. The van der Waals surface area contributed by atoms with E-state index in [2.05, 4.69) is 5.32 Å². The van der Waals surface area contributed by atoms with Crippen LogP contribution in [0.3, 0.4) is 0 Å². The van der Waals surface area contributed by atoms with Gasteiger partial charge < -0.3 is 14.8 Å². The number of anilines is 1. The fourth-order valence-electron chi connectivity index (χ4n) is 1.93. The van der Waals surface area contributed by atoms with Crippen molar-refractivity contribution in [3.63, 3.8) is 0 Å². The van der Waals surface area contributed by atoms with Crippen molar-refractivity contribution in [1.29, 1.82) is 0 Å². The zero-order chi connectivity index (χ0) is 15.2. The Hall–Kier alpha value is -2.30. The highest BCUT2D eigenvalue weighted by molar-refractivity contribution is 5.55. The Morgan fingerprint density at radius 1 is 1.10 bits per heavy atom. The highest BCUT2D eigenvalue weighted by atomic mass is 19.2. The van der Waals surface area contributed by atoms with E-state index >= 15 is 0 Å². The number of ether oxygens (including phenoxy) is 2. The maximum absolute atomic E-state index is 13.6. The number of nitrogens with one attached hydrogen (secondary N) is 1. The summed E-state index contributed by atoms with van der Waals surface area (Å²) in [6, 6.07) is 9.43. The molecule has 2 aromatic carbocycles. The zero-order valence-electron chi connectivity index (χ0n) is 12.0. The van der Waals surface area contributed by atoms with Gasteiger partial charge in [0.2, 0.25) is 0 Å². The first kappa shape index (κ1) is 15.1. The van der Waals surface area contributed by atoms with E-state index in [-0.39, 0.29) is 12.1 Å². The maximum atomic E-state index is 13.6. The van der Waals surface area contributed by atoms with Crippen molar-refractivity contribution in [3.8, 4) is 11.5 Å². The summed E-state index contributed by atoms with van der Waals surface area (Å²) in [5.74, 6) is -0.453. The SMILES string of the molecule is CCOc1ccc(NCc2cccc(F)c2F)cc1OC. The summed E-state index contributed by atoms with van der Waals surface area (Å²) >= 11 is 0. The summed E-state index contributed by atoms with van der Waals surface area (Å²) in [5.41, 5.74) is 1.00. The number of halogens is 2. The Balaban J connectivity index is 2.11. The fourth-order valence-corrected chi connectivity index (χ4v) is 1.93. The lowest BCUT2D eigenvalue weighted by atomic mass is 10.2. The summed E-state index contributed by atoms with van der Waals surface area (Å²) in [7, 11) is 1.55. The van der Waals surface area contributed by atoms with Crippen molar-refractivity contribution in [3.05, 3.63) is 53.6 Å². The van der Waals surface area contributed by atoms with Crippen LogP contribution >= 0.6 is 0 Å². The quantitative estimate of drug-likeness (QED) is 0.873. The summed E-state index contributed by atoms with van der Waals surface area (Å²) < 4.78 is 37.3. The van der Waals surface area contributed by atoms with E-state index in [1.54, 1.807) is 25.3 Å². The monoisotopic (exact) mass is 293 g/mol. The molecule has 0 aliphatic carbocycles. The molecule has 5 heteroatoms. The molecule has 0 heterocycles. The van der Waals surface area contributed by atoms with Gasteiger partial charge in [-0.2, -0.15) is 0 Å². The van der Waals surface area contributed by atoms with Gasteiger partial charge in [0.05, 0.1) is 13.7 Å². The van der Waals surface area contributed by atoms with Crippen LogP contribution in [0.2, 0.25) is 0 Å². The van der Waals surface area contributed by atoms with Gasteiger partial charge in [-0.3, -0.25) is 0 Å². The van der Waals surface area contributed by atoms with Crippen LogP contribution < -0.4 is 14.8 Å². The van der Waals surface area contributed by atoms with Crippen LogP contribution in [0.5, 0.6) is 11.5 Å². The largest absolute Gasteiger partial charge is 0.493 e. The predicted molar refractivity (Wildman–Crippen MR) is 77.8 cm³/mol. The third kappa shape index (κ3) is 3.62. The molecule has 0 aromatic heterocycles. The average molecular weight is 293 g/mol. The van der Waals surface area contributed by atoms with Gasteiger partial charge in [0, 0.05) is 23.9 Å².